The fourth-order valence-corrected chi connectivity index (χ4v) is 4.19. The maximum absolute atomic E-state index is 12.9. The summed E-state index contributed by atoms with van der Waals surface area (Å²) in [6.45, 7) is 0.634. The number of amides is 2. The van der Waals surface area contributed by atoms with E-state index >= 15 is 0 Å². The van der Waals surface area contributed by atoms with E-state index in [1.54, 1.807) is 7.11 Å². The third kappa shape index (κ3) is 5.62. The molecule has 3 rings (SSSR count). The smallest absolute Gasteiger partial charge is 0.271 e. The Morgan fingerprint density at radius 2 is 2.00 bits per heavy atom. The summed E-state index contributed by atoms with van der Waals surface area (Å²) in [7, 11) is 2.94. The maximum atomic E-state index is 12.9. The molecule has 32 heavy (non-hydrogen) atoms. The average Bonchev–Trinajstić information content (AvgIpc) is 3.06. The zero-order valence-corrected chi connectivity index (χ0v) is 18.3. The number of methoxy groups -OCH3 is 2. The van der Waals surface area contributed by atoms with E-state index in [2.05, 4.69) is 10.3 Å². The number of hydrogen-bond acceptors (Lipinski definition) is 8. The summed E-state index contributed by atoms with van der Waals surface area (Å²) in [6.07, 6.45) is -0.132. The third-order valence-corrected chi connectivity index (χ3v) is 5.73. The zero-order chi connectivity index (χ0) is 23.1. The standard InChI is InChI=1S/C21H22N4O6S/c1-30-11-10-24-20(27)18(32-21(24)22-14-6-4-3-5-7-14)13-19(26)23-16-12-15(25(28)29)8-9-17(16)31-2/h3-9,12,18H,10-11,13H2,1-2H3,(H,23,26). The summed E-state index contributed by atoms with van der Waals surface area (Å²) >= 11 is 1.20. The van der Waals surface area contributed by atoms with Crippen molar-refractivity contribution < 1.29 is 24.0 Å². The molecule has 168 valence electrons. The second kappa shape index (κ2) is 10.7. The lowest BCUT2D eigenvalue weighted by molar-refractivity contribution is -0.384. The molecule has 2 amide bonds. The highest BCUT2D eigenvalue weighted by Crippen LogP contribution is 2.33. The number of thioether (sulfide) groups is 1. The van der Waals surface area contributed by atoms with Crippen molar-refractivity contribution in [3.05, 3.63) is 58.6 Å². The van der Waals surface area contributed by atoms with Gasteiger partial charge in [0.2, 0.25) is 11.8 Å². The molecule has 0 aliphatic carbocycles. The number of aliphatic imine (C=N–C) groups is 1. The first-order valence-corrected chi connectivity index (χ1v) is 10.5. The van der Waals surface area contributed by atoms with Crippen molar-refractivity contribution in [1.82, 2.24) is 4.90 Å². The number of para-hydroxylation sites is 1. The number of nitrogens with zero attached hydrogens (tertiary/aromatic N) is 3. The second-order valence-corrected chi connectivity index (χ2v) is 7.88. The van der Waals surface area contributed by atoms with Crippen LogP contribution in [0.4, 0.5) is 17.1 Å². The van der Waals surface area contributed by atoms with Gasteiger partial charge in [0.15, 0.2) is 5.17 Å². The first-order chi connectivity index (χ1) is 15.4. The molecule has 10 nitrogen and oxygen atoms in total. The molecule has 2 aromatic rings. The van der Waals surface area contributed by atoms with Crippen LogP contribution in [0.15, 0.2) is 53.5 Å². The molecule has 1 aliphatic rings. The number of hydrogen-bond donors (Lipinski definition) is 1. The minimum atomic E-state index is -0.681. The number of non-ortho nitro benzene ring substituents is 1. The first kappa shape index (κ1) is 23.2. The lowest BCUT2D eigenvalue weighted by atomic mass is 10.2. The molecule has 1 heterocycles. The zero-order valence-electron chi connectivity index (χ0n) is 17.5. The summed E-state index contributed by atoms with van der Waals surface area (Å²) in [5, 5.41) is 13.5. The molecule has 0 bridgehead atoms. The quantitative estimate of drug-likeness (QED) is 0.452. The molecule has 2 aromatic carbocycles. The summed E-state index contributed by atoms with van der Waals surface area (Å²) in [5.41, 5.74) is 0.670. The van der Waals surface area contributed by atoms with Gasteiger partial charge in [-0.2, -0.15) is 0 Å². The largest absolute Gasteiger partial charge is 0.495 e. The van der Waals surface area contributed by atoms with Crippen molar-refractivity contribution >= 4 is 45.8 Å². The van der Waals surface area contributed by atoms with E-state index < -0.39 is 16.1 Å². The van der Waals surface area contributed by atoms with Gasteiger partial charge in [0.25, 0.3) is 5.69 Å². The minimum Gasteiger partial charge on any atom is -0.495 e. The van der Waals surface area contributed by atoms with Crippen LogP contribution in [-0.2, 0) is 14.3 Å². The molecule has 1 saturated heterocycles. The number of nitrogens with one attached hydrogen (secondary N) is 1. The van der Waals surface area contributed by atoms with Crippen LogP contribution in [0, 0.1) is 10.1 Å². The number of benzene rings is 2. The van der Waals surface area contributed by atoms with Crippen molar-refractivity contribution in [1.29, 1.82) is 0 Å². The number of nitro benzene ring substituents is 1. The van der Waals surface area contributed by atoms with Crippen LogP contribution in [-0.4, -0.2) is 59.4 Å². The van der Waals surface area contributed by atoms with Gasteiger partial charge in [-0.15, -0.1) is 0 Å². The molecule has 0 spiro atoms. The highest BCUT2D eigenvalue weighted by Gasteiger charge is 2.39. The average molecular weight is 458 g/mol. The Hall–Kier alpha value is -3.44. The van der Waals surface area contributed by atoms with Crippen LogP contribution >= 0.6 is 11.8 Å². The van der Waals surface area contributed by atoms with Crippen molar-refractivity contribution in [2.24, 2.45) is 4.99 Å². The maximum Gasteiger partial charge on any atom is 0.271 e. The highest BCUT2D eigenvalue weighted by atomic mass is 32.2. The summed E-state index contributed by atoms with van der Waals surface area (Å²) in [4.78, 5) is 42.1. The molecule has 1 atom stereocenters. The van der Waals surface area contributed by atoms with E-state index in [4.69, 9.17) is 9.47 Å². The van der Waals surface area contributed by atoms with Gasteiger partial charge < -0.3 is 14.8 Å². The van der Waals surface area contributed by atoms with Crippen molar-refractivity contribution in [2.75, 3.05) is 32.7 Å². The van der Waals surface area contributed by atoms with Crippen LogP contribution in [0.3, 0.4) is 0 Å². The third-order valence-electron chi connectivity index (χ3n) is 4.56. The SMILES string of the molecule is COCCN1C(=O)C(CC(=O)Nc2cc([N+](=O)[O-])ccc2OC)SC1=Nc1ccccc1. The predicted octanol–water partition coefficient (Wildman–Crippen LogP) is 3.21. The van der Waals surface area contributed by atoms with E-state index in [-0.39, 0.29) is 29.5 Å². The fourth-order valence-electron chi connectivity index (χ4n) is 3.00. The van der Waals surface area contributed by atoms with Crippen molar-refractivity contribution in [3.8, 4) is 5.75 Å². The van der Waals surface area contributed by atoms with Crippen LogP contribution in [0.25, 0.3) is 0 Å². The van der Waals surface area contributed by atoms with Gasteiger partial charge >= 0.3 is 0 Å². The normalized spacial score (nSPS) is 16.9. The van der Waals surface area contributed by atoms with Crippen LogP contribution in [0.2, 0.25) is 0 Å². The van der Waals surface area contributed by atoms with Crippen LogP contribution in [0.5, 0.6) is 5.75 Å². The van der Waals surface area contributed by atoms with Crippen molar-refractivity contribution in [3.63, 3.8) is 0 Å². The fraction of sp³-hybridized carbons (Fsp3) is 0.286. The Labute approximate surface area is 188 Å². The van der Waals surface area contributed by atoms with Gasteiger partial charge in [-0.05, 0) is 18.2 Å². The van der Waals surface area contributed by atoms with Gasteiger partial charge in [0.1, 0.15) is 11.0 Å². The molecule has 11 heteroatoms. The lowest BCUT2D eigenvalue weighted by Gasteiger charge is -2.15. The highest BCUT2D eigenvalue weighted by molar-refractivity contribution is 8.15. The number of rotatable bonds is 9. The van der Waals surface area contributed by atoms with E-state index in [9.17, 15) is 19.7 Å². The van der Waals surface area contributed by atoms with Gasteiger partial charge in [-0.25, -0.2) is 4.99 Å². The second-order valence-electron chi connectivity index (χ2n) is 6.71. The molecular formula is C21H22N4O6S. The van der Waals surface area contributed by atoms with E-state index in [0.29, 0.717) is 24.0 Å². The first-order valence-electron chi connectivity index (χ1n) is 9.66. The Morgan fingerprint density at radius 1 is 1.25 bits per heavy atom. The number of carbonyl (C=O) groups excluding carboxylic acids is 2. The molecule has 1 aliphatic heterocycles. The Balaban J connectivity index is 1.76. The number of nitro groups is 1. The Kier molecular flexibility index (Phi) is 7.79. The molecule has 0 aromatic heterocycles. The molecule has 1 N–H and O–H groups in total. The number of ether oxygens (including phenoxy) is 2. The van der Waals surface area contributed by atoms with Gasteiger partial charge in [-0.3, -0.25) is 24.6 Å². The van der Waals surface area contributed by atoms with E-state index in [0.717, 1.165) is 0 Å². The van der Waals surface area contributed by atoms with E-state index in [1.165, 1.54) is 42.0 Å². The topological polar surface area (TPSA) is 123 Å². The molecule has 1 fully saturated rings. The molecule has 0 saturated carbocycles. The Bertz CT molecular complexity index is 1030. The summed E-state index contributed by atoms with van der Waals surface area (Å²) < 4.78 is 10.3. The number of anilines is 1. The van der Waals surface area contributed by atoms with Gasteiger partial charge in [-0.1, -0.05) is 30.0 Å². The minimum absolute atomic E-state index is 0.132. The monoisotopic (exact) mass is 458 g/mol. The number of amidine groups is 1. The number of carbonyl (C=O) groups is 2. The summed E-state index contributed by atoms with van der Waals surface area (Å²) in [6, 6.07) is 13.1. The Morgan fingerprint density at radius 3 is 2.66 bits per heavy atom. The summed E-state index contributed by atoms with van der Waals surface area (Å²) in [5.74, 6) is -0.437. The molecule has 0 radical (unpaired) electrons. The van der Waals surface area contributed by atoms with Crippen LogP contribution < -0.4 is 10.1 Å². The van der Waals surface area contributed by atoms with E-state index in [1.807, 2.05) is 30.3 Å². The van der Waals surface area contributed by atoms with Gasteiger partial charge in [0.05, 0.1) is 36.6 Å². The van der Waals surface area contributed by atoms with Gasteiger partial charge in [0, 0.05) is 25.7 Å². The molecule has 1 unspecified atom stereocenters. The lowest BCUT2D eigenvalue weighted by Crippen LogP contribution is -2.35. The molecular weight excluding hydrogens is 436 g/mol. The predicted molar refractivity (Wildman–Crippen MR) is 121 cm³/mol. The van der Waals surface area contributed by atoms with Crippen molar-refractivity contribution in [2.45, 2.75) is 11.7 Å². The van der Waals surface area contributed by atoms with Crippen LogP contribution in [0.1, 0.15) is 6.42 Å².